The van der Waals surface area contributed by atoms with E-state index in [1.807, 2.05) is 29.2 Å². The molecule has 2 aliphatic rings. The van der Waals surface area contributed by atoms with E-state index in [1.54, 1.807) is 14.2 Å². The van der Waals surface area contributed by atoms with Crippen molar-refractivity contribution < 1.29 is 19.0 Å². The third-order valence-corrected chi connectivity index (χ3v) is 5.53. The SMILES string of the molecule is COC[C@@]12CCCO[C@@H]1CCN(C(=O)CCc1cccc(OC)c1)C2. The Morgan fingerprint density at radius 3 is 3.08 bits per heavy atom. The number of methoxy groups -OCH3 is 2. The highest BCUT2D eigenvalue weighted by Gasteiger charge is 2.46. The molecule has 2 fully saturated rings. The van der Waals surface area contributed by atoms with Gasteiger partial charge in [-0.3, -0.25) is 4.79 Å². The van der Waals surface area contributed by atoms with Crippen molar-refractivity contribution in [2.75, 3.05) is 40.5 Å². The quantitative estimate of drug-likeness (QED) is 0.794. The molecule has 0 bridgehead atoms. The Kier molecular flexibility index (Phi) is 5.97. The molecule has 2 aliphatic heterocycles. The van der Waals surface area contributed by atoms with Gasteiger partial charge in [0.15, 0.2) is 0 Å². The molecule has 25 heavy (non-hydrogen) atoms. The van der Waals surface area contributed by atoms with E-state index < -0.39 is 0 Å². The van der Waals surface area contributed by atoms with Crippen LogP contribution in [0.15, 0.2) is 24.3 Å². The summed E-state index contributed by atoms with van der Waals surface area (Å²) in [7, 11) is 3.40. The first-order chi connectivity index (χ1) is 12.2. The minimum Gasteiger partial charge on any atom is -0.497 e. The van der Waals surface area contributed by atoms with E-state index in [4.69, 9.17) is 14.2 Å². The van der Waals surface area contributed by atoms with E-state index in [0.717, 1.165) is 56.7 Å². The fourth-order valence-electron chi connectivity index (χ4n) is 4.24. The van der Waals surface area contributed by atoms with Gasteiger partial charge in [0.05, 0.1) is 19.8 Å². The largest absolute Gasteiger partial charge is 0.497 e. The van der Waals surface area contributed by atoms with Gasteiger partial charge in [-0.25, -0.2) is 0 Å². The predicted molar refractivity (Wildman–Crippen MR) is 95.8 cm³/mol. The molecule has 2 heterocycles. The number of hydrogen-bond donors (Lipinski definition) is 0. The Morgan fingerprint density at radius 2 is 2.28 bits per heavy atom. The Hall–Kier alpha value is -1.59. The lowest BCUT2D eigenvalue weighted by molar-refractivity contribution is -0.162. The number of rotatable bonds is 6. The number of likely N-dealkylation sites (tertiary alicyclic amines) is 1. The van der Waals surface area contributed by atoms with E-state index in [-0.39, 0.29) is 17.4 Å². The summed E-state index contributed by atoms with van der Waals surface area (Å²) in [5.41, 5.74) is 1.10. The summed E-state index contributed by atoms with van der Waals surface area (Å²) in [5, 5.41) is 0. The van der Waals surface area contributed by atoms with Gasteiger partial charge in [0.25, 0.3) is 0 Å². The third-order valence-electron chi connectivity index (χ3n) is 5.53. The van der Waals surface area contributed by atoms with Crippen LogP contribution in [-0.4, -0.2) is 57.4 Å². The zero-order valence-corrected chi connectivity index (χ0v) is 15.3. The zero-order chi connectivity index (χ0) is 17.7. The fraction of sp³-hybridized carbons (Fsp3) is 0.650. The number of piperidine rings is 1. The maximum absolute atomic E-state index is 12.8. The molecule has 3 rings (SSSR count). The van der Waals surface area contributed by atoms with Gasteiger partial charge in [-0.05, 0) is 43.4 Å². The van der Waals surface area contributed by atoms with Crippen molar-refractivity contribution in [3.05, 3.63) is 29.8 Å². The van der Waals surface area contributed by atoms with Crippen LogP contribution in [0.5, 0.6) is 5.75 Å². The van der Waals surface area contributed by atoms with Crippen LogP contribution in [0.3, 0.4) is 0 Å². The van der Waals surface area contributed by atoms with E-state index in [2.05, 4.69) is 0 Å². The molecule has 0 N–H and O–H groups in total. The van der Waals surface area contributed by atoms with Crippen LogP contribution < -0.4 is 4.74 Å². The molecular weight excluding hydrogens is 318 g/mol. The molecule has 2 atom stereocenters. The summed E-state index contributed by atoms with van der Waals surface area (Å²) < 4.78 is 16.7. The number of benzene rings is 1. The minimum absolute atomic E-state index is 0.0309. The van der Waals surface area contributed by atoms with E-state index in [1.165, 1.54) is 0 Å². The van der Waals surface area contributed by atoms with Crippen molar-refractivity contribution in [3.63, 3.8) is 0 Å². The highest BCUT2D eigenvalue weighted by Crippen LogP contribution is 2.40. The van der Waals surface area contributed by atoms with E-state index in [0.29, 0.717) is 13.0 Å². The maximum atomic E-state index is 12.8. The number of amides is 1. The molecule has 5 nitrogen and oxygen atoms in total. The average Bonchev–Trinajstić information content (AvgIpc) is 2.65. The Balaban J connectivity index is 1.60. The molecule has 0 aliphatic carbocycles. The third kappa shape index (κ3) is 4.15. The molecule has 1 aromatic carbocycles. The topological polar surface area (TPSA) is 48.0 Å². The Bertz CT molecular complexity index is 587. The second-order valence-electron chi connectivity index (χ2n) is 7.21. The summed E-state index contributed by atoms with van der Waals surface area (Å²) >= 11 is 0. The van der Waals surface area contributed by atoms with Gasteiger partial charge in [-0.15, -0.1) is 0 Å². The van der Waals surface area contributed by atoms with Crippen LogP contribution >= 0.6 is 0 Å². The van der Waals surface area contributed by atoms with Gasteiger partial charge < -0.3 is 19.1 Å². The molecule has 0 saturated carbocycles. The van der Waals surface area contributed by atoms with Crippen molar-refractivity contribution in [3.8, 4) is 5.75 Å². The van der Waals surface area contributed by atoms with Crippen molar-refractivity contribution in [1.82, 2.24) is 4.90 Å². The van der Waals surface area contributed by atoms with Gasteiger partial charge >= 0.3 is 0 Å². The van der Waals surface area contributed by atoms with Gasteiger partial charge in [-0.1, -0.05) is 12.1 Å². The summed E-state index contributed by atoms with van der Waals surface area (Å²) in [6, 6.07) is 7.94. The minimum atomic E-state index is -0.0309. The lowest BCUT2D eigenvalue weighted by Gasteiger charge is -2.50. The smallest absolute Gasteiger partial charge is 0.222 e. The number of fused-ring (bicyclic) bond motifs is 1. The fourth-order valence-corrected chi connectivity index (χ4v) is 4.24. The Labute approximate surface area is 150 Å². The van der Waals surface area contributed by atoms with E-state index >= 15 is 0 Å². The van der Waals surface area contributed by atoms with Gasteiger partial charge in [0.2, 0.25) is 5.91 Å². The van der Waals surface area contributed by atoms with Crippen molar-refractivity contribution in [1.29, 1.82) is 0 Å². The van der Waals surface area contributed by atoms with Crippen molar-refractivity contribution in [2.45, 2.75) is 38.2 Å². The molecule has 5 heteroatoms. The molecular formula is C20H29NO4. The van der Waals surface area contributed by atoms with Crippen LogP contribution in [0, 0.1) is 5.41 Å². The highest BCUT2D eigenvalue weighted by atomic mass is 16.5. The maximum Gasteiger partial charge on any atom is 0.222 e. The average molecular weight is 347 g/mol. The van der Waals surface area contributed by atoms with E-state index in [9.17, 15) is 4.79 Å². The normalized spacial score (nSPS) is 26.2. The number of carbonyl (C=O) groups excluding carboxylic acids is 1. The number of nitrogens with zero attached hydrogens (tertiary/aromatic N) is 1. The summed E-state index contributed by atoms with van der Waals surface area (Å²) in [6.45, 7) is 3.03. The molecule has 0 spiro atoms. The van der Waals surface area contributed by atoms with Gasteiger partial charge in [-0.2, -0.15) is 0 Å². The summed E-state index contributed by atoms with van der Waals surface area (Å²) in [6.07, 6.45) is 4.53. The molecule has 1 amide bonds. The van der Waals surface area contributed by atoms with Crippen LogP contribution in [0.1, 0.15) is 31.2 Å². The first-order valence-electron chi connectivity index (χ1n) is 9.18. The van der Waals surface area contributed by atoms with Crippen LogP contribution in [-0.2, 0) is 20.7 Å². The predicted octanol–water partition coefficient (Wildman–Crippen LogP) is 2.67. The standard InChI is InChI=1S/C20H29NO4/c1-23-15-20-10-4-12-25-18(20)9-11-21(14-20)19(22)8-7-16-5-3-6-17(13-16)24-2/h3,5-6,13,18H,4,7-12,14-15H2,1-2H3/t18-,20+/m1/s1. The monoisotopic (exact) mass is 347 g/mol. The second kappa shape index (κ2) is 8.19. The van der Waals surface area contributed by atoms with Crippen molar-refractivity contribution in [2.24, 2.45) is 5.41 Å². The van der Waals surface area contributed by atoms with Gasteiger partial charge in [0.1, 0.15) is 5.75 Å². The molecule has 0 unspecified atom stereocenters. The zero-order valence-electron chi connectivity index (χ0n) is 15.3. The second-order valence-corrected chi connectivity index (χ2v) is 7.21. The Morgan fingerprint density at radius 1 is 1.40 bits per heavy atom. The molecule has 1 aromatic rings. The van der Waals surface area contributed by atoms with Crippen molar-refractivity contribution >= 4 is 5.91 Å². The molecule has 138 valence electrons. The van der Waals surface area contributed by atoms with Crippen LogP contribution in [0.25, 0.3) is 0 Å². The number of aryl methyl sites for hydroxylation is 1. The molecule has 2 saturated heterocycles. The van der Waals surface area contributed by atoms with Crippen LogP contribution in [0.4, 0.5) is 0 Å². The first kappa shape index (κ1) is 18.2. The lowest BCUT2D eigenvalue weighted by atomic mass is 9.73. The number of carbonyl (C=O) groups is 1. The molecule has 0 radical (unpaired) electrons. The molecule has 0 aromatic heterocycles. The number of ether oxygens (including phenoxy) is 3. The lowest BCUT2D eigenvalue weighted by Crippen LogP contribution is -2.58. The van der Waals surface area contributed by atoms with Gasteiger partial charge in [0, 0.05) is 38.6 Å². The van der Waals surface area contributed by atoms with Crippen LogP contribution in [0.2, 0.25) is 0 Å². The summed E-state index contributed by atoms with van der Waals surface area (Å²) in [4.78, 5) is 14.8. The highest BCUT2D eigenvalue weighted by molar-refractivity contribution is 5.76. The first-order valence-corrected chi connectivity index (χ1v) is 9.18. The number of hydrogen-bond acceptors (Lipinski definition) is 4. The summed E-state index contributed by atoms with van der Waals surface area (Å²) in [5.74, 6) is 1.06.